The summed E-state index contributed by atoms with van der Waals surface area (Å²) in [5.74, 6) is 1.16. The molecule has 0 saturated carbocycles. The van der Waals surface area contributed by atoms with Gasteiger partial charge in [-0.2, -0.15) is 0 Å². The maximum absolute atomic E-state index is 12.1. The molecule has 4 heteroatoms. The molecule has 19 heavy (non-hydrogen) atoms. The zero-order valence-corrected chi connectivity index (χ0v) is 13.2. The lowest BCUT2D eigenvalue weighted by Crippen LogP contribution is -2.50. The molecule has 4 nitrogen and oxygen atoms in total. The van der Waals surface area contributed by atoms with Crippen LogP contribution in [0.3, 0.4) is 0 Å². The standard InChI is InChI=1S/C13H25N3O.C2H6/c1-12-3-5-15(6-4-12)11-13(17)16-9-7-14(2)8-10-16;1-2/h12H,3-11H2,1-2H3;1-2H3. The Bertz CT molecular complexity index is 254. The van der Waals surface area contributed by atoms with Gasteiger partial charge in [-0.25, -0.2) is 0 Å². The summed E-state index contributed by atoms with van der Waals surface area (Å²) < 4.78 is 0. The summed E-state index contributed by atoms with van der Waals surface area (Å²) in [6.07, 6.45) is 2.49. The van der Waals surface area contributed by atoms with E-state index in [1.54, 1.807) is 0 Å². The minimum absolute atomic E-state index is 0.327. The monoisotopic (exact) mass is 269 g/mol. The first-order valence-electron chi connectivity index (χ1n) is 7.84. The number of carbonyl (C=O) groups excluding carboxylic acids is 1. The number of piperidine rings is 1. The van der Waals surface area contributed by atoms with Gasteiger partial charge in [-0.05, 0) is 38.9 Å². The van der Waals surface area contributed by atoms with Crippen LogP contribution in [0.15, 0.2) is 0 Å². The van der Waals surface area contributed by atoms with Crippen molar-refractivity contribution in [1.29, 1.82) is 0 Å². The molecule has 0 unspecified atom stereocenters. The Kier molecular flexibility index (Phi) is 7.39. The molecule has 0 aromatic carbocycles. The van der Waals surface area contributed by atoms with Crippen molar-refractivity contribution < 1.29 is 4.79 Å². The number of nitrogens with zero attached hydrogens (tertiary/aromatic N) is 3. The van der Waals surface area contributed by atoms with Crippen LogP contribution in [-0.2, 0) is 4.79 Å². The maximum atomic E-state index is 12.1. The first-order valence-corrected chi connectivity index (χ1v) is 7.84. The quantitative estimate of drug-likeness (QED) is 0.760. The van der Waals surface area contributed by atoms with E-state index >= 15 is 0 Å². The van der Waals surface area contributed by atoms with Crippen LogP contribution in [0.1, 0.15) is 33.6 Å². The van der Waals surface area contributed by atoms with Crippen molar-refractivity contribution in [1.82, 2.24) is 14.7 Å². The normalized spacial score (nSPS) is 22.8. The Morgan fingerprint density at radius 1 is 1.00 bits per heavy atom. The van der Waals surface area contributed by atoms with Gasteiger partial charge in [0.2, 0.25) is 5.91 Å². The topological polar surface area (TPSA) is 26.8 Å². The number of likely N-dealkylation sites (N-methyl/N-ethyl adjacent to an activating group) is 1. The lowest BCUT2D eigenvalue weighted by atomic mass is 9.99. The van der Waals surface area contributed by atoms with Crippen LogP contribution in [0.5, 0.6) is 0 Å². The summed E-state index contributed by atoms with van der Waals surface area (Å²) in [6.45, 7) is 13.0. The second-order valence-corrected chi connectivity index (χ2v) is 5.64. The van der Waals surface area contributed by atoms with Gasteiger partial charge in [-0.15, -0.1) is 0 Å². The van der Waals surface area contributed by atoms with E-state index in [0.717, 1.165) is 45.2 Å². The second kappa shape index (κ2) is 8.54. The van der Waals surface area contributed by atoms with Crippen molar-refractivity contribution in [2.24, 2.45) is 5.92 Å². The average Bonchev–Trinajstić information content (AvgIpc) is 2.44. The molecule has 1 amide bonds. The first-order chi connectivity index (χ1) is 9.15. The largest absolute Gasteiger partial charge is 0.339 e. The van der Waals surface area contributed by atoms with Gasteiger partial charge < -0.3 is 9.80 Å². The molecule has 0 aromatic heterocycles. The summed E-state index contributed by atoms with van der Waals surface area (Å²) in [7, 11) is 2.12. The highest BCUT2D eigenvalue weighted by atomic mass is 16.2. The fraction of sp³-hybridized carbons (Fsp3) is 0.933. The summed E-state index contributed by atoms with van der Waals surface area (Å²) >= 11 is 0. The Morgan fingerprint density at radius 2 is 1.53 bits per heavy atom. The van der Waals surface area contributed by atoms with Gasteiger partial charge >= 0.3 is 0 Å². The van der Waals surface area contributed by atoms with Crippen LogP contribution in [0, 0.1) is 5.92 Å². The minimum atomic E-state index is 0.327. The fourth-order valence-electron chi connectivity index (χ4n) is 2.57. The molecule has 0 bridgehead atoms. The van der Waals surface area contributed by atoms with Gasteiger partial charge in [0.05, 0.1) is 6.54 Å². The Morgan fingerprint density at radius 3 is 2.05 bits per heavy atom. The SMILES string of the molecule is CC.CC1CCN(CC(=O)N2CCN(C)CC2)CC1. The predicted molar refractivity (Wildman–Crippen MR) is 80.3 cm³/mol. The number of carbonyl (C=O) groups is 1. The third kappa shape index (κ3) is 5.49. The number of likely N-dealkylation sites (tertiary alicyclic amines) is 1. The van der Waals surface area contributed by atoms with Crippen LogP contribution in [-0.4, -0.2) is 73.5 Å². The summed E-state index contributed by atoms with van der Waals surface area (Å²) in [5, 5.41) is 0. The number of hydrogen-bond donors (Lipinski definition) is 0. The Balaban J connectivity index is 0.000000861. The number of piperazine rings is 1. The highest BCUT2D eigenvalue weighted by Gasteiger charge is 2.23. The zero-order valence-electron chi connectivity index (χ0n) is 13.2. The van der Waals surface area contributed by atoms with Gasteiger partial charge in [0.1, 0.15) is 0 Å². The molecule has 112 valence electrons. The van der Waals surface area contributed by atoms with Crippen LogP contribution in [0.4, 0.5) is 0 Å². The summed E-state index contributed by atoms with van der Waals surface area (Å²) in [6, 6.07) is 0. The molecule has 0 N–H and O–H groups in total. The molecule has 0 aromatic rings. The van der Waals surface area contributed by atoms with E-state index in [2.05, 4.69) is 23.8 Å². The molecule has 2 rings (SSSR count). The van der Waals surface area contributed by atoms with Crippen molar-refractivity contribution in [3.05, 3.63) is 0 Å². The molecule has 0 spiro atoms. The van der Waals surface area contributed by atoms with E-state index in [4.69, 9.17) is 0 Å². The van der Waals surface area contributed by atoms with E-state index < -0.39 is 0 Å². The third-order valence-corrected chi connectivity index (χ3v) is 4.09. The smallest absolute Gasteiger partial charge is 0.236 e. The lowest BCUT2D eigenvalue weighted by Gasteiger charge is -2.35. The molecule has 2 saturated heterocycles. The third-order valence-electron chi connectivity index (χ3n) is 4.09. The van der Waals surface area contributed by atoms with Crippen molar-refractivity contribution in [2.75, 3.05) is 52.9 Å². The van der Waals surface area contributed by atoms with Gasteiger partial charge in [0.25, 0.3) is 0 Å². The maximum Gasteiger partial charge on any atom is 0.236 e. The molecule has 2 heterocycles. The van der Waals surface area contributed by atoms with Gasteiger partial charge in [0, 0.05) is 26.2 Å². The fourth-order valence-corrected chi connectivity index (χ4v) is 2.57. The van der Waals surface area contributed by atoms with Crippen LogP contribution in [0.2, 0.25) is 0 Å². The number of rotatable bonds is 2. The van der Waals surface area contributed by atoms with E-state index in [-0.39, 0.29) is 0 Å². The molecule has 2 aliphatic rings. The Hall–Kier alpha value is -0.610. The van der Waals surface area contributed by atoms with Crippen molar-refractivity contribution in [2.45, 2.75) is 33.6 Å². The van der Waals surface area contributed by atoms with Crippen molar-refractivity contribution >= 4 is 5.91 Å². The number of amides is 1. The van der Waals surface area contributed by atoms with Gasteiger partial charge in [0.15, 0.2) is 0 Å². The highest BCUT2D eigenvalue weighted by Crippen LogP contribution is 2.15. The molecular weight excluding hydrogens is 238 g/mol. The molecule has 0 aliphatic carbocycles. The second-order valence-electron chi connectivity index (χ2n) is 5.64. The van der Waals surface area contributed by atoms with E-state index in [0.29, 0.717) is 12.5 Å². The van der Waals surface area contributed by atoms with Crippen molar-refractivity contribution in [3.63, 3.8) is 0 Å². The molecule has 0 atom stereocenters. The first kappa shape index (κ1) is 16.4. The van der Waals surface area contributed by atoms with Gasteiger partial charge in [-0.1, -0.05) is 20.8 Å². The summed E-state index contributed by atoms with van der Waals surface area (Å²) in [4.78, 5) is 18.8. The Labute approximate surface area is 118 Å². The zero-order chi connectivity index (χ0) is 14.3. The van der Waals surface area contributed by atoms with E-state index in [1.165, 1.54) is 12.8 Å². The number of hydrogen-bond acceptors (Lipinski definition) is 3. The lowest BCUT2D eigenvalue weighted by molar-refractivity contribution is -0.134. The minimum Gasteiger partial charge on any atom is -0.339 e. The predicted octanol–water partition coefficient (Wildman–Crippen LogP) is 1.52. The van der Waals surface area contributed by atoms with Crippen LogP contribution < -0.4 is 0 Å². The van der Waals surface area contributed by atoms with Crippen LogP contribution >= 0.6 is 0 Å². The highest BCUT2D eigenvalue weighted by molar-refractivity contribution is 5.78. The molecule has 0 radical (unpaired) electrons. The average molecular weight is 269 g/mol. The van der Waals surface area contributed by atoms with Crippen molar-refractivity contribution in [3.8, 4) is 0 Å². The van der Waals surface area contributed by atoms with E-state index in [1.807, 2.05) is 18.7 Å². The van der Waals surface area contributed by atoms with Crippen LogP contribution in [0.25, 0.3) is 0 Å². The molecule has 2 fully saturated rings. The van der Waals surface area contributed by atoms with Gasteiger partial charge in [-0.3, -0.25) is 9.69 Å². The summed E-state index contributed by atoms with van der Waals surface area (Å²) in [5.41, 5.74) is 0. The molecular formula is C15H31N3O. The van der Waals surface area contributed by atoms with E-state index in [9.17, 15) is 4.79 Å². The molecule has 2 aliphatic heterocycles.